The molecule has 2 heterocycles. The standard InChI is InChI=1S/C15H20N2OS/c18-15(16-8-4-1-5-9-16)17-10-11-19-14-7-3-2-6-13(14)12-17/h2-3,6-7H,1,4-5,8-12H2. The first-order valence-corrected chi connectivity index (χ1v) is 8.08. The highest BCUT2D eigenvalue weighted by Crippen LogP contribution is 2.27. The molecule has 2 aliphatic heterocycles. The number of fused-ring (bicyclic) bond motifs is 1. The van der Waals surface area contributed by atoms with Crippen LogP contribution in [-0.2, 0) is 6.54 Å². The van der Waals surface area contributed by atoms with Gasteiger partial charge in [0.2, 0.25) is 0 Å². The van der Waals surface area contributed by atoms with Gasteiger partial charge in [0, 0.05) is 36.8 Å². The van der Waals surface area contributed by atoms with Crippen LogP contribution in [-0.4, -0.2) is 41.2 Å². The topological polar surface area (TPSA) is 23.6 Å². The van der Waals surface area contributed by atoms with E-state index < -0.39 is 0 Å². The molecule has 1 aromatic carbocycles. The van der Waals surface area contributed by atoms with Crippen LogP contribution in [0.5, 0.6) is 0 Å². The summed E-state index contributed by atoms with van der Waals surface area (Å²) in [5, 5.41) is 0. The van der Waals surface area contributed by atoms with Gasteiger partial charge >= 0.3 is 6.03 Å². The Morgan fingerprint density at radius 2 is 1.79 bits per heavy atom. The SMILES string of the molecule is O=C(N1CCCCC1)N1CCSc2ccccc2C1. The monoisotopic (exact) mass is 276 g/mol. The minimum absolute atomic E-state index is 0.233. The Balaban J connectivity index is 1.73. The van der Waals surface area contributed by atoms with Crippen molar-refractivity contribution in [3.05, 3.63) is 29.8 Å². The Labute approximate surface area is 119 Å². The average Bonchev–Trinajstić information content (AvgIpc) is 2.69. The normalized spacial score (nSPS) is 19.8. The largest absolute Gasteiger partial charge is 0.325 e. The lowest BCUT2D eigenvalue weighted by Crippen LogP contribution is -2.45. The van der Waals surface area contributed by atoms with Gasteiger partial charge in [-0.25, -0.2) is 4.79 Å². The molecule has 0 atom stereocenters. The van der Waals surface area contributed by atoms with Crippen molar-refractivity contribution in [1.29, 1.82) is 0 Å². The number of thioether (sulfide) groups is 1. The highest BCUT2D eigenvalue weighted by Gasteiger charge is 2.24. The van der Waals surface area contributed by atoms with E-state index in [9.17, 15) is 4.79 Å². The summed E-state index contributed by atoms with van der Waals surface area (Å²) in [6.45, 7) is 3.49. The minimum atomic E-state index is 0.233. The number of likely N-dealkylation sites (tertiary alicyclic amines) is 1. The van der Waals surface area contributed by atoms with Crippen LogP contribution in [0.25, 0.3) is 0 Å². The van der Waals surface area contributed by atoms with Gasteiger partial charge in [-0.2, -0.15) is 0 Å². The van der Waals surface area contributed by atoms with E-state index in [4.69, 9.17) is 0 Å². The molecule has 1 fully saturated rings. The predicted molar refractivity (Wildman–Crippen MR) is 78.4 cm³/mol. The van der Waals surface area contributed by atoms with Crippen molar-refractivity contribution in [1.82, 2.24) is 9.80 Å². The van der Waals surface area contributed by atoms with Crippen molar-refractivity contribution < 1.29 is 4.79 Å². The van der Waals surface area contributed by atoms with Crippen LogP contribution in [0.15, 0.2) is 29.2 Å². The molecular weight excluding hydrogens is 256 g/mol. The van der Waals surface area contributed by atoms with Gasteiger partial charge in [0.15, 0.2) is 0 Å². The molecule has 0 spiro atoms. The Morgan fingerprint density at radius 1 is 1.00 bits per heavy atom. The Kier molecular flexibility index (Phi) is 3.97. The number of rotatable bonds is 0. The number of urea groups is 1. The van der Waals surface area contributed by atoms with Crippen LogP contribution in [0.1, 0.15) is 24.8 Å². The summed E-state index contributed by atoms with van der Waals surface area (Å²) in [5.41, 5.74) is 1.29. The third-order valence-corrected chi connectivity index (χ3v) is 4.95. The lowest BCUT2D eigenvalue weighted by Gasteiger charge is -2.32. The highest BCUT2D eigenvalue weighted by molar-refractivity contribution is 7.99. The van der Waals surface area contributed by atoms with Gasteiger partial charge in [-0.05, 0) is 30.9 Å². The Morgan fingerprint density at radius 3 is 2.63 bits per heavy atom. The lowest BCUT2D eigenvalue weighted by molar-refractivity contribution is 0.144. The zero-order valence-electron chi connectivity index (χ0n) is 11.2. The zero-order valence-corrected chi connectivity index (χ0v) is 12.0. The molecule has 1 saturated heterocycles. The second-order valence-corrected chi connectivity index (χ2v) is 6.34. The van der Waals surface area contributed by atoms with Gasteiger partial charge in [0.1, 0.15) is 0 Å². The molecule has 0 N–H and O–H groups in total. The van der Waals surface area contributed by atoms with Crippen LogP contribution in [0.4, 0.5) is 4.79 Å². The zero-order chi connectivity index (χ0) is 13.1. The first-order valence-electron chi connectivity index (χ1n) is 7.09. The van der Waals surface area contributed by atoms with E-state index in [1.54, 1.807) is 0 Å². The fraction of sp³-hybridized carbons (Fsp3) is 0.533. The third kappa shape index (κ3) is 2.89. The summed E-state index contributed by atoms with van der Waals surface area (Å²) in [7, 11) is 0. The van der Waals surface area contributed by atoms with Crippen molar-refractivity contribution in [2.45, 2.75) is 30.7 Å². The van der Waals surface area contributed by atoms with Crippen molar-refractivity contribution in [3.8, 4) is 0 Å². The minimum Gasteiger partial charge on any atom is -0.325 e. The van der Waals surface area contributed by atoms with Gasteiger partial charge in [0.25, 0.3) is 0 Å². The quantitative estimate of drug-likeness (QED) is 0.726. The second kappa shape index (κ2) is 5.87. The van der Waals surface area contributed by atoms with Crippen LogP contribution < -0.4 is 0 Å². The molecule has 3 rings (SSSR count). The van der Waals surface area contributed by atoms with E-state index in [1.165, 1.54) is 16.9 Å². The predicted octanol–water partition coefficient (Wildman–Crippen LogP) is 3.20. The van der Waals surface area contributed by atoms with Crippen LogP contribution in [0, 0.1) is 0 Å². The number of piperidine rings is 1. The number of hydrogen-bond donors (Lipinski definition) is 0. The summed E-state index contributed by atoms with van der Waals surface area (Å²) in [6.07, 6.45) is 3.58. The van der Waals surface area contributed by atoms with Crippen molar-refractivity contribution in [2.75, 3.05) is 25.4 Å². The lowest BCUT2D eigenvalue weighted by atomic mass is 10.1. The number of carbonyl (C=O) groups excluding carboxylic acids is 1. The van der Waals surface area contributed by atoms with Gasteiger partial charge in [-0.15, -0.1) is 11.8 Å². The van der Waals surface area contributed by atoms with Gasteiger partial charge in [-0.3, -0.25) is 0 Å². The molecule has 0 aromatic heterocycles. The molecule has 0 bridgehead atoms. The van der Waals surface area contributed by atoms with E-state index in [0.717, 1.165) is 44.8 Å². The second-order valence-electron chi connectivity index (χ2n) is 5.21. The van der Waals surface area contributed by atoms with E-state index >= 15 is 0 Å². The highest BCUT2D eigenvalue weighted by atomic mass is 32.2. The van der Waals surface area contributed by atoms with E-state index in [0.29, 0.717) is 0 Å². The maximum Gasteiger partial charge on any atom is 0.320 e. The molecule has 4 heteroatoms. The Hall–Kier alpha value is -1.16. The van der Waals surface area contributed by atoms with Crippen LogP contribution >= 0.6 is 11.8 Å². The fourth-order valence-corrected chi connectivity index (χ4v) is 3.80. The van der Waals surface area contributed by atoms with E-state index in [1.807, 2.05) is 21.6 Å². The molecule has 0 saturated carbocycles. The molecule has 102 valence electrons. The summed E-state index contributed by atoms with van der Waals surface area (Å²) < 4.78 is 0. The number of hydrogen-bond acceptors (Lipinski definition) is 2. The molecular formula is C15H20N2OS. The van der Waals surface area contributed by atoms with Gasteiger partial charge < -0.3 is 9.80 Å². The molecule has 1 aromatic rings. The van der Waals surface area contributed by atoms with Gasteiger partial charge in [0.05, 0.1) is 0 Å². The molecule has 0 unspecified atom stereocenters. The first-order chi connectivity index (χ1) is 9.34. The summed E-state index contributed by atoms with van der Waals surface area (Å²) in [6, 6.07) is 8.68. The maximum absolute atomic E-state index is 12.6. The smallest absolute Gasteiger partial charge is 0.320 e. The number of benzene rings is 1. The van der Waals surface area contributed by atoms with E-state index in [-0.39, 0.29) is 6.03 Å². The van der Waals surface area contributed by atoms with Crippen molar-refractivity contribution >= 4 is 17.8 Å². The number of nitrogens with zero attached hydrogens (tertiary/aromatic N) is 2. The molecule has 0 radical (unpaired) electrons. The molecule has 2 aliphatic rings. The van der Waals surface area contributed by atoms with Crippen molar-refractivity contribution in [3.63, 3.8) is 0 Å². The average molecular weight is 276 g/mol. The first kappa shape index (κ1) is 12.9. The maximum atomic E-state index is 12.6. The Bertz CT molecular complexity index is 457. The molecule has 3 nitrogen and oxygen atoms in total. The molecule has 0 aliphatic carbocycles. The number of amides is 2. The number of carbonyl (C=O) groups is 1. The van der Waals surface area contributed by atoms with Crippen LogP contribution in [0.3, 0.4) is 0 Å². The van der Waals surface area contributed by atoms with Crippen molar-refractivity contribution in [2.24, 2.45) is 0 Å². The van der Waals surface area contributed by atoms with Gasteiger partial charge in [-0.1, -0.05) is 18.2 Å². The summed E-state index contributed by atoms with van der Waals surface area (Å²) in [5.74, 6) is 0.997. The fourth-order valence-electron chi connectivity index (χ4n) is 2.77. The van der Waals surface area contributed by atoms with Crippen LogP contribution in [0.2, 0.25) is 0 Å². The molecule has 2 amide bonds. The van der Waals surface area contributed by atoms with E-state index in [2.05, 4.69) is 24.3 Å². The molecule has 19 heavy (non-hydrogen) atoms. The summed E-state index contributed by atoms with van der Waals surface area (Å²) in [4.78, 5) is 17.9. The third-order valence-electron chi connectivity index (χ3n) is 3.85. The summed E-state index contributed by atoms with van der Waals surface area (Å²) >= 11 is 1.86.